The first-order valence-corrected chi connectivity index (χ1v) is 6.47. The number of guanidine groups is 1. The minimum absolute atomic E-state index is 0. The van der Waals surface area contributed by atoms with Crippen LogP contribution in [0, 0.1) is 12.8 Å². The lowest BCUT2D eigenvalue weighted by atomic mass is 10.1. The normalized spacial score (nSPS) is 11.1. The molecule has 0 aromatic carbocycles. The number of rotatable bonds is 5. The van der Waals surface area contributed by atoms with E-state index in [1.54, 1.807) is 7.05 Å². The first-order valence-electron chi connectivity index (χ1n) is 6.47. The number of nitrogens with zero attached hydrogens (tertiary/aromatic N) is 2. The van der Waals surface area contributed by atoms with Crippen LogP contribution in [0.2, 0.25) is 0 Å². The Hall–Kier alpha value is -0.850. The number of aryl methyl sites for hydroxylation is 1. The number of pyridine rings is 1. The molecule has 1 aromatic heterocycles. The van der Waals surface area contributed by atoms with Gasteiger partial charge in [0.2, 0.25) is 0 Å². The molecule has 0 aliphatic carbocycles. The molecule has 1 heterocycles. The van der Waals surface area contributed by atoms with Crippen LogP contribution >= 0.6 is 24.0 Å². The monoisotopic (exact) mass is 376 g/mol. The zero-order valence-electron chi connectivity index (χ0n) is 12.2. The highest BCUT2D eigenvalue weighted by Gasteiger charge is 2.00. The summed E-state index contributed by atoms with van der Waals surface area (Å²) in [5.74, 6) is 1.49. The maximum absolute atomic E-state index is 4.20. The van der Waals surface area contributed by atoms with Crippen LogP contribution in [0.1, 0.15) is 25.0 Å². The van der Waals surface area contributed by atoms with Crippen LogP contribution < -0.4 is 10.6 Å². The molecule has 0 aliphatic heterocycles. The fraction of sp³-hybridized carbons (Fsp3) is 0.571. The van der Waals surface area contributed by atoms with Crippen molar-refractivity contribution in [2.24, 2.45) is 10.9 Å². The lowest BCUT2D eigenvalue weighted by Gasteiger charge is -2.13. The van der Waals surface area contributed by atoms with Gasteiger partial charge in [0.15, 0.2) is 5.96 Å². The molecule has 5 heteroatoms. The summed E-state index contributed by atoms with van der Waals surface area (Å²) in [5.41, 5.74) is 2.57. The van der Waals surface area contributed by atoms with Gasteiger partial charge in [-0.15, -0.1) is 24.0 Å². The minimum Gasteiger partial charge on any atom is -0.356 e. The third kappa shape index (κ3) is 7.34. The van der Waals surface area contributed by atoms with E-state index in [0.29, 0.717) is 5.92 Å². The largest absolute Gasteiger partial charge is 0.356 e. The molecule has 19 heavy (non-hydrogen) atoms. The van der Waals surface area contributed by atoms with Gasteiger partial charge in [-0.25, -0.2) is 0 Å². The van der Waals surface area contributed by atoms with Crippen molar-refractivity contribution in [3.05, 3.63) is 29.6 Å². The first-order chi connectivity index (χ1) is 8.63. The van der Waals surface area contributed by atoms with Gasteiger partial charge in [-0.2, -0.15) is 0 Å². The van der Waals surface area contributed by atoms with E-state index < -0.39 is 0 Å². The summed E-state index contributed by atoms with van der Waals surface area (Å²) in [6.45, 7) is 8.27. The Morgan fingerprint density at radius 1 is 1.37 bits per heavy atom. The van der Waals surface area contributed by atoms with Crippen LogP contribution in [0.5, 0.6) is 0 Å². The number of halogens is 1. The number of aromatic nitrogens is 1. The summed E-state index contributed by atoms with van der Waals surface area (Å²) >= 11 is 0. The Balaban J connectivity index is 0.00000324. The molecule has 0 fully saturated rings. The molecule has 0 spiro atoms. The highest BCUT2D eigenvalue weighted by Crippen LogP contribution is 2.04. The van der Waals surface area contributed by atoms with Crippen molar-refractivity contribution in [2.75, 3.05) is 20.1 Å². The van der Waals surface area contributed by atoms with Crippen LogP contribution in [-0.4, -0.2) is 31.1 Å². The van der Waals surface area contributed by atoms with Gasteiger partial charge in [0.1, 0.15) is 0 Å². The predicted octanol–water partition coefficient (Wildman–Crippen LogP) is 2.37. The van der Waals surface area contributed by atoms with Gasteiger partial charge < -0.3 is 10.6 Å². The van der Waals surface area contributed by atoms with Gasteiger partial charge in [-0.05, 0) is 36.5 Å². The molecule has 1 aromatic rings. The maximum atomic E-state index is 4.20. The highest BCUT2D eigenvalue weighted by atomic mass is 127. The molecule has 1 rings (SSSR count). The molecule has 0 saturated carbocycles. The van der Waals surface area contributed by atoms with E-state index in [1.165, 1.54) is 11.1 Å². The average Bonchev–Trinajstić information content (AvgIpc) is 2.35. The third-order valence-corrected chi connectivity index (χ3v) is 2.72. The fourth-order valence-corrected chi connectivity index (χ4v) is 1.62. The van der Waals surface area contributed by atoms with Gasteiger partial charge >= 0.3 is 0 Å². The van der Waals surface area contributed by atoms with Crippen LogP contribution in [0.3, 0.4) is 0 Å². The van der Waals surface area contributed by atoms with E-state index in [-0.39, 0.29) is 24.0 Å². The van der Waals surface area contributed by atoms with E-state index in [9.17, 15) is 0 Å². The Morgan fingerprint density at radius 2 is 2.11 bits per heavy atom. The maximum Gasteiger partial charge on any atom is 0.190 e. The number of hydrogen-bond donors (Lipinski definition) is 2. The summed E-state index contributed by atoms with van der Waals surface area (Å²) in [6, 6.07) is 2.07. The Labute approximate surface area is 133 Å². The van der Waals surface area contributed by atoms with Crippen LogP contribution in [0.15, 0.2) is 23.5 Å². The zero-order valence-corrected chi connectivity index (χ0v) is 14.6. The molecule has 4 nitrogen and oxygen atoms in total. The summed E-state index contributed by atoms with van der Waals surface area (Å²) < 4.78 is 0. The molecule has 0 unspecified atom stereocenters. The van der Waals surface area contributed by atoms with E-state index in [2.05, 4.69) is 47.4 Å². The molecule has 0 radical (unpaired) electrons. The quantitative estimate of drug-likeness (QED) is 0.471. The molecule has 0 saturated heterocycles. The lowest BCUT2D eigenvalue weighted by Crippen LogP contribution is -2.39. The molecule has 0 atom stereocenters. The molecular formula is C14H25IN4. The second-order valence-corrected chi connectivity index (χ2v) is 4.83. The van der Waals surface area contributed by atoms with Gasteiger partial charge in [-0.1, -0.05) is 13.8 Å². The standard InChI is InChI=1S/C14H24N4.HI/c1-11(2)9-18-14(15-4)17-8-6-13-5-7-16-10-12(13)3;/h5,7,10-11H,6,8-9H2,1-4H3,(H2,15,17,18);1H. The Kier molecular flexibility index (Phi) is 9.55. The summed E-state index contributed by atoms with van der Waals surface area (Å²) in [4.78, 5) is 8.29. The van der Waals surface area contributed by atoms with Crippen molar-refractivity contribution < 1.29 is 0 Å². The Morgan fingerprint density at radius 3 is 2.68 bits per heavy atom. The SMILES string of the molecule is CN=C(NCCc1ccncc1C)NCC(C)C.I. The minimum atomic E-state index is 0. The van der Waals surface area contributed by atoms with Crippen molar-refractivity contribution >= 4 is 29.9 Å². The van der Waals surface area contributed by atoms with Crippen molar-refractivity contribution in [1.29, 1.82) is 0 Å². The molecule has 2 N–H and O–H groups in total. The number of nitrogens with one attached hydrogen (secondary N) is 2. The van der Waals surface area contributed by atoms with Crippen LogP contribution in [0.25, 0.3) is 0 Å². The van der Waals surface area contributed by atoms with Crippen molar-refractivity contribution in [3.8, 4) is 0 Å². The Bertz CT molecular complexity index is 391. The zero-order chi connectivity index (χ0) is 13.4. The van der Waals surface area contributed by atoms with Crippen LogP contribution in [-0.2, 0) is 6.42 Å². The van der Waals surface area contributed by atoms with Gasteiger partial charge in [-0.3, -0.25) is 9.98 Å². The molecule has 0 aliphatic rings. The van der Waals surface area contributed by atoms with E-state index in [0.717, 1.165) is 25.5 Å². The average molecular weight is 376 g/mol. The lowest BCUT2D eigenvalue weighted by molar-refractivity contribution is 0.614. The topological polar surface area (TPSA) is 49.3 Å². The molecule has 0 amide bonds. The fourth-order valence-electron chi connectivity index (χ4n) is 1.62. The van der Waals surface area contributed by atoms with Gasteiger partial charge in [0.05, 0.1) is 0 Å². The summed E-state index contributed by atoms with van der Waals surface area (Å²) in [6.07, 6.45) is 4.73. The van der Waals surface area contributed by atoms with E-state index in [4.69, 9.17) is 0 Å². The second-order valence-electron chi connectivity index (χ2n) is 4.83. The smallest absolute Gasteiger partial charge is 0.190 e. The second kappa shape index (κ2) is 10.00. The van der Waals surface area contributed by atoms with Crippen molar-refractivity contribution in [1.82, 2.24) is 15.6 Å². The highest BCUT2D eigenvalue weighted by molar-refractivity contribution is 14.0. The number of hydrogen-bond acceptors (Lipinski definition) is 2. The van der Waals surface area contributed by atoms with Crippen molar-refractivity contribution in [3.63, 3.8) is 0 Å². The summed E-state index contributed by atoms with van der Waals surface area (Å²) in [5, 5.41) is 6.62. The molecular weight excluding hydrogens is 351 g/mol. The van der Waals surface area contributed by atoms with Crippen LogP contribution in [0.4, 0.5) is 0 Å². The number of aliphatic imine (C=N–C) groups is 1. The summed E-state index contributed by atoms with van der Waals surface area (Å²) in [7, 11) is 1.80. The molecule has 0 bridgehead atoms. The third-order valence-electron chi connectivity index (χ3n) is 2.72. The van der Waals surface area contributed by atoms with E-state index >= 15 is 0 Å². The van der Waals surface area contributed by atoms with Crippen molar-refractivity contribution in [2.45, 2.75) is 27.2 Å². The predicted molar refractivity (Wildman–Crippen MR) is 92.3 cm³/mol. The first kappa shape index (κ1) is 18.1. The van der Waals surface area contributed by atoms with E-state index in [1.807, 2.05) is 12.4 Å². The van der Waals surface area contributed by atoms with Gasteiger partial charge in [0, 0.05) is 32.5 Å². The van der Waals surface area contributed by atoms with Gasteiger partial charge in [0.25, 0.3) is 0 Å². The molecule has 108 valence electrons.